The Labute approximate surface area is 192 Å². The van der Waals surface area contributed by atoms with E-state index in [1.165, 1.54) is 0 Å². The summed E-state index contributed by atoms with van der Waals surface area (Å²) < 4.78 is 0. The monoisotopic (exact) mass is 446 g/mol. The van der Waals surface area contributed by atoms with Gasteiger partial charge in [0.25, 0.3) is 0 Å². The maximum absolute atomic E-state index is 13.7. The van der Waals surface area contributed by atoms with Crippen molar-refractivity contribution >= 4 is 11.8 Å². The molecular formula is C26H42N2O4. The highest BCUT2D eigenvalue weighted by molar-refractivity contribution is 5.87. The summed E-state index contributed by atoms with van der Waals surface area (Å²) in [6.07, 6.45) is 7.47. The third kappa shape index (κ3) is 2.65. The van der Waals surface area contributed by atoms with E-state index in [4.69, 9.17) is 0 Å². The highest BCUT2D eigenvalue weighted by Crippen LogP contribution is 2.67. The van der Waals surface area contributed by atoms with Gasteiger partial charge in [-0.1, -0.05) is 40.5 Å². The molecule has 0 aromatic rings. The molecule has 0 radical (unpaired) electrons. The van der Waals surface area contributed by atoms with Crippen LogP contribution < -0.4 is 10.6 Å². The van der Waals surface area contributed by atoms with E-state index in [-0.39, 0.29) is 34.7 Å². The molecule has 0 aromatic heterocycles. The fourth-order valence-corrected chi connectivity index (χ4v) is 9.04. The van der Waals surface area contributed by atoms with Gasteiger partial charge in [-0.2, -0.15) is 0 Å². The molecule has 8 atom stereocenters. The first-order valence-corrected chi connectivity index (χ1v) is 13.0. The summed E-state index contributed by atoms with van der Waals surface area (Å²) in [4.78, 5) is 27.3. The average Bonchev–Trinajstić information content (AvgIpc) is 3.29. The lowest BCUT2D eigenvalue weighted by molar-refractivity contribution is -0.147. The van der Waals surface area contributed by atoms with Gasteiger partial charge in [0.15, 0.2) is 0 Å². The van der Waals surface area contributed by atoms with Gasteiger partial charge in [0.05, 0.1) is 23.0 Å². The van der Waals surface area contributed by atoms with Crippen molar-refractivity contribution in [2.24, 2.45) is 33.5 Å². The van der Waals surface area contributed by atoms with Crippen molar-refractivity contribution in [3.63, 3.8) is 0 Å². The van der Waals surface area contributed by atoms with Crippen molar-refractivity contribution in [2.45, 2.75) is 116 Å². The lowest BCUT2D eigenvalue weighted by atomic mass is 9.67. The highest BCUT2D eigenvalue weighted by atomic mass is 16.3. The van der Waals surface area contributed by atoms with Crippen LogP contribution in [0.1, 0.15) is 91.9 Å². The lowest BCUT2D eigenvalue weighted by Crippen LogP contribution is -2.61. The van der Waals surface area contributed by atoms with Gasteiger partial charge in [0.2, 0.25) is 11.8 Å². The Morgan fingerprint density at radius 2 is 1.06 bits per heavy atom. The largest absolute Gasteiger partial charge is 0.392 e. The van der Waals surface area contributed by atoms with Gasteiger partial charge in [-0.05, 0) is 74.0 Å². The van der Waals surface area contributed by atoms with E-state index in [1.54, 1.807) is 0 Å². The van der Waals surface area contributed by atoms with E-state index in [1.807, 2.05) is 0 Å². The molecule has 0 saturated heterocycles. The molecular weight excluding hydrogens is 404 g/mol. The van der Waals surface area contributed by atoms with E-state index >= 15 is 0 Å². The summed E-state index contributed by atoms with van der Waals surface area (Å²) in [5, 5.41) is 28.3. The van der Waals surface area contributed by atoms with Crippen LogP contribution >= 0.6 is 0 Å². The predicted molar refractivity (Wildman–Crippen MR) is 121 cm³/mol. The molecule has 5 saturated carbocycles. The Bertz CT molecular complexity index is 744. The third-order valence-corrected chi connectivity index (χ3v) is 11.5. The number of carbonyl (C=O) groups excluding carboxylic acids is 2. The van der Waals surface area contributed by atoms with Gasteiger partial charge >= 0.3 is 0 Å². The number of aliphatic hydroxyl groups is 2. The third-order valence-electron chi connectivity index (χ3n) is 11.5. The van der Waals surface area contributed by atoms with E-state index < -0.39 is 23.0 Å². The second kappa shape index (κ2) is 7.18. The molecule has 5 fully saturated rings. The van der Waals surface area contributed by atoms with Crippen LogP contribution in [0.5, 0.6) is 0 Å². The predicted octanol–water partition coefficient (Wildman–Crippen LogP) is 2.90. The van der Waals surface area contributed by atoms with Crippen LogP contribution in [-0.2, 0) is 9.59 Å². The van der Waals surface area contributed by atoms with Crippen LogP contribution in [-0.4, -0.2) is 46.3 Å². The summed E-state index contributed by atoms with van der Waals surface area (Å²) in [7, 11) is 0. The number of hydrogen-bond donors (Lipinski definition) is 4. The molecule has 6 heteroatoms. The van der Waals surface area contributed by atoms with Gasteiger partial charge < -0.3 is 20.8 Å². The van der Waals surface area contributed by atoms with Gasteiger partial charge in [0, 0.05) is 12.1 Å². The van der Waals surface area contributed by atoms with Gasteiger partial charge in [-0.25, -0.2) is 0 Å². The minimum Gasteiger partial charge on any atom is -0.392 e. The molecule has 0 aromatic carbocycles. The van der Waals surface area contributed by atoms with Crippen LogP contribution in [0.2, 0.25) is 0 Å². The number of carbonyl (C=O) groups is 2. The normalized spacial score (nSPS) is 48.1. The van der Waals surface area contributed by atoms with Crippen LogP contribution in [0.3, 0.4) is 0 Å². The number of nitrogens with one attached hydrogen (secondary N) is 2. The molecule has 4 bridgehead atoms. The molecule has 0 aliphatic heterocycles. The summed E-state index contributed by atoms with van der Waals surface area (Å²) in [5.41, 5.74) is -1.85. The number of aliphatic hydroxyl groups excluding tert-OH is 2. The second-order valence-electron chi connectivity index (χ2n) is 12.8. The molecule has 0 heterocycles. The molecule has 0 spiro atoms. The molecule has 5 aliphatic rings. The number of amides is 2. The van der Waals surface area contributed by atoms with Crippen LogP contribution in [0.25, 0.3) is 0 Å². The maximum atomic E-state index is 13.7. The summed E-state index contributed by atoms with van der Waals surface area (Å²) in [6.45, 7) is 8.55. The standard InChI is InChI=1S/C26H42N2O4/c1-23(2)15-9-11-25(23,19(29)13-15)21(31)27-17-7-5-6-8-18(17)28-22(32)26-12-10-16(14-20(26)30)24(26,3)4/h15-20,29-30H,5-14H2,1-4H3,(H,27,31)(H,28,32)/t15-,16-,17+,18+,19-,20-,25+,26+/m1/s1. The zero-order valence-corrected chi connectivity index (χ0v) is 20.2. The van der Waals surface area contributed by atoms with Crippen molar-refractivity contribution in [3.8, 4) is 0 Å². The Morgan fingerprint density at radius 1 is 0.688 bits per heavy atom. The summed E-state index contributed by atoms with van der Waals surface area (Å²) in [6, 6.07) is -0.236. The Morgan fingerprint density at radius 3 is 1.34 bits per heavy atom. The number of fused-ring (bicyclic) bond motifs is 4. The fraction of sp³-hybridized carbons (Fsp3) is 0.923. The fourth-order valence-electron chi connectivity index (χ4n) is 9.04. The van der Waals surface area contributed by atoms with Crippen molar-refractivity contribution in [1.82, 2.24) is 10.6 Å². The first kappa shape index (κ1) is 22.6. The summed E-state index contributed by atoms with van der Waals surface area (Å²) in [5.74, 6) is 0.735. The number of hydrogen-bond acceptors (Lipinski definition) is 4. The zero-order chi connectivity index (χ0) is 23.1. The minimum absolute atomic E-state index is 0.0264. The Kier molecular flexibility index (Phi) is 5.08. The molecule has 6 nitrogen and oxygen atoms in total. The van der Waals surface area contributed by atoms with Crippen molar-refractivity contribution in [1.29, 1.82) is 0 Å². The molecule has 4 N–H and O–H groups in total. The van der Waals surface area contributed by atoms with Gasteiger partial charge in [0.1, 0.15) is 0 Å². The highest BCUT2D eigenvalue weighted by Gasteiger charge is 2.69. The van der Waals surface area contributed by atoms with Crippen LogP contribution in [0, 0.1) is 33.5 Å². The smallest absolute Gasteiger partial charge is 0.229 e. The minimum atomic E-state index is -0.718. The van der Waals surface area contributed by atoms with Crippen LogP contribution in [0.4, 0.5) is 0 Å². The molecule has 180 valence electrons. The first-order chi connectivity index (χ1) is 15.0. The molecule has 5 rings (SSSR count). The molecule has 32 heavy (non-hydrogen) atoms. The summed E-state index contributed by atoms with van der Waals surface area (Å²) >= 11 is 0. The molecule has 2 amide bonds. The molecule has 0 unspecified atom stereocenters. The first-order valence-electron chi connectivity index (χ1n) is 13.0. The van der Waals surface area contributed by atoms with Crippen molar-refractivity contribution < 1.29 is 19.8 Å². The van der Waals surface area contributed by atoms with E-state index in [9.17, 15) is 19.8 Å². The number of rotatable bonds is 4. The maximum Gasteiger partial charge on any atom is 0.229 e. The Balaban J connectivity index is 1.33. The lowest BCUT2D eigenvalue weighted by Gasteiger charge is -2.43. The Hall–Kier alpha value is -1.14. The van der Waals surface area contributed by atoms with E-state index in [0.717, 1.165) is 51.4 Å². The van der Waals surface area contributed by atoms with Gasteiger partial charge in [-0.15, -0.1) is 0 Å². The van der Waals surface area contributed by atoms with Gasteiger partial charge in [-0.3, -0.25) is 9.59 Å². The topological polar surface area (TPSA) is 98.7 Å². The second-order valence-corrected chi connectivity index (χ2v) is 12.8. The zero-order valence-electron chi connectivity index (χ0n) is 20.2. The van der Waals surface area contributed by atoms with Crippen LogP contribution in [0.15, 0.2) is 0 Å². The average molecular weight is 447 g/mol. The van der Waals surface area contributed by atoms with E-state index in [2.05, 4.69) is 38.3 Å². The SMILES string of the molecule is CC1(C)[C@@H]2CC[C@@]1(C(=O)N[C@H]1CCCC[C@@H]1NC(=O)[C@]13CC[C@H](C[C@H]1O)C3(C)C)[C@H](O)C2. The van der Waals surface area contributed by atoms with E-state index in [0.29, 0.717) is 24.7 Å². The molecule has 5 aliphatic carbocycles. The van der Waals surface area contributed by atoms with Crippen molar-refractivity contribution in [2.75, 3.05) is 0 Å². The quantitative estimate of drug-likeness (QED) is 0.534. The van der Waals surface area contributed by atoms with Crippen molar-refractivity contribution in [3.05, 3.63) is 0 Å².